The summed E-state index contributed by atoms with van der Waals surface area (Å²) in [6, 6.07) is 9.04. The molecule has 172 valence electrons. The van der Waals surface area contributed by atoms with Gasteiger partial charge in [0.2, 0.25) is 11.8 Å². The smallest absolute Gasteiger partial charge is 0.227 e. The summed E-state index contributed by atoms with van der Waals surface area (Å²) < 4.78 is 0. The number of rotatable bonds is 5. The van der Waals surface area contributed by atoms with Crippen LogP contribution in [0.25, 0.3) is 0 Å². The summed E-state index contributed by atoms with van der Waals surface area (Å²) in [4.78, 5) is 27.5. The molecule has 3 rings (SSSR count). The van der Waals surface area contributed by atoms with E-state index in [4.69, 9.17) is 0 Å². The summed E-state index contributed by atoms with van der Waals surface area (Å²) in [6.07, 6.45) is 8.17. The van der Waals surface area contributed by atoms with E-state index in [9.17, 15) is 9.59 Å². The van der Waals surface area contributed by atoms with Crippen molar-refractivity contribution < 1.29 is 9.59 Å². The van der Waals surface area contributed by atoms with Gasteiger partial charge in [-0.3, -0.25) is 9.59 Å². The van der Waals surface area contributed by atoms with Crippen molar-refractivity contribution in [2.75, 3.05) is 13.1 Å². The highest BCUT2D eigenvalue weighted by Crippen LogP contribution is 2.34. The van der Waals surface area contributed by atoms with Gasteiger partial charge in [-0.1, -0.05) is 78.1 Å². The molecule has 4 heteroatoms. The van der Waals surface area contributed by atoms with Gasteiger partial charge in [-0.05, 0) is 48.6 Å². The minimum Gasteiger partial charge on any atom is -0.349 e. The van der Waals surface area contributed by atoms with Crippen molar-refractivity contribution in [1.82, 2.24) is 10.2 Å². The number of piperidine rings is 1. The third-order valence-corrected chi connectivity index (χ3v) is 7.13. The van der Waals surface area contributed by atoms with Crippen LogP contribution in [-0.4, -0.2) is 29.8 Å². The molecule has 1 aliphatic carbocycles. The van der Waals surface area contributed by atoms with Crippen LogP contribution in [0.1, 0.15) is 103 Å². The second kappa shape index (κ2) is 10.2. The van der Waals surface area contributed by atoms with E-state index >= 15 is 0 Å². The summed E-state index contributed by atoms with van der Waals surface area (Å²) in [5.41, 5.74) is 2.29. The third kappa shape index (κ3) is 6.11. The monoisotopic (exact) mass is 426 g/mol. The molecule has 2 amide bonds. The SMILES string of the molecule is CC(C)C(NC(=O)C1CCN(C(=O)C(C)(C)C)CC1)c1ccc(C2CCCCC2)cc1. The van der Waals surface area contributed by atoms with E-state index in [1.54, 1.807) is 0 Å². The maximum Gasteiger partial charge on any atom is 0.227 e. The van der Waals surface area contributed by atoms with Gasteiger partial charge in [-0.25, -0.2) is 0 Å². The number of benzene rings is 1. The van der Waals surface area contributed by atoms with Crippen LogP contribution in [0.4, 0.5) is 0 Å². The van der Waals surface area contributed by atoms with Crippen LogP contribution in [0.15, 0.2) is 24.3 Å². The van der Waals surface area contributed by atoms with Gasteiger partial charge in [0.1, 0.15) is 0 Å². The van der Waals surface area contributed by atoms with Crippen molar-refractivity contribution in [3.05, 3.63) is 35.4 Å². The lowest BCUT2D eigenvalue weighted by Crippen LogP contribution is -2.47. The van der Waals surface area contributed by atoms with Crippen molar-refractivity contribution in [2.24, 2.45) is 17.3 Å². The van der Waals surface area contributed by atoms with Gasteiger partial charge in [-0.2, -0.15) is 0 Å². The zero-order valence-electron chi connectivity index (χ0n) is 20.2. The van der Waals surface area contributed by atoms with E-state index in [1.165, 1.54) is 43.2 Å². The van der Waals surface area contributed by atoms with Gasteiger partial charge in [0, 0.05) is 24.4 Å². The number of amides is 2. The molecule has 1 saturated heterocycles. The molecule has 2 fully saturated rings. The highest BCUT2D eigenvalue weighted by atomic mass is 16.2. The molecule has 1 saturated carbocycles. The fourth-order valence-corrected chi connectivity index (χ4v) is 5.14. The summed E-state index contributed by atoms with van der Waals surface area (Å²) in [6.45, 7) is 11.6. The quantitative estimate of drug-likeness (QED) is 0.644. The lowest BCUT2D eigenvalue weighted by atomic mass is 9.83. The minimum absolute atomic E-state index is 0.00761. The predicted molar refractivity (Wildman–Crippen MR) is 127 cm³/mol. The molecule has 0 bridgehead atoms. The summed E-state index contributed by atoms with van der Waals surface area (Å²) in [5.74, 6) is 1.34. The molecular formula is C27H42N2O2. The Morgan fingerprint density at radius 1 is 0.935 bits per heavy atom. The highest BCUT2D eigenvalue weighted by molar-refractivity contribution is 5.83. The Morgan fingerprint density at radius 2 is 1.52 bits per heavy atom. The van der Waals surface area contributed by atoms with E-state index in [1.807, 2.05) is 25.7 Å². The van der Waals surface area contributed by atoms with Gasteiger partial charge < -0.3 is 10.2 Å². The fraction of sp³-hybridized carbons (Fsp3) is 0.704. The fourth-order valence-electron chi connectivity index (χ4n) is 5.14. The van der Waals surface area contributed by atoms with Crippen molar-refractivity contribution in [1.29, 1.82) is 0 Å². The number of nitrogens with one attached hydrogen (secondary N) is 1. The molecule has 2 aliphatic rings. The van der Waals surface area contributed by atoms with E-state index < -0.39 is 0 Å². The van der Waals surface area contributed by atoms with E-state index in [2.05, 4.69) is 43.4 Å². The van der Waals surface area contributed by atoms with Crippen molar-refractivity contribution in [3.63, 3.8) is 0 Å². The standard InChI is InChI=1S/C27H42N2O2/c1-19(2)24(22-13-11-21(12-14-22)20-9-7-6-8-10-20)28-25(30)23-15-17-29(18-16-23)26(31)27(3,4)5/h11-14,19-20,23-24H,6-10,15-18H2,1-5H3,(H,28,30). The van der Waals surface area contributed by atoms with Crippen LogP contribution in [0.3, 0.4) is 0 Å². The van der Waals surface area contributed by atoms with Crippen LogP contribution in [0.2, 0.25) is 0 Å². The maximum absolute atomic E-state index is 13.1. The first kappa shape index (κ1) is 23.8. The maximum atomic E-state index is 13.1. The number of carbonyl (C=O) groups excluding carboxylic acids is 2. The van der Waals surface area contributed by atoms with E-state index in [0.717, 1.165) is 12.8 Å². The Bertz CT molecular complexity index is 733. The van der Waals surface area contributed by atoms with Crippen molar-refractivity contribution >= 4 is 11.8 Å². The molecular weight excluding hydrogens is 384 g/mol. The number of likely N-dealkylation sites (tertiary alicyclic amines) is 1. The Morgan fingerprint density at radius 3 is 2.03 bits per heavy atom. The molecule has 1 heterocycles. The molecule has 4 nitrogen and oxygen atoms in total. The lowest BCUT2D eigenvalue weighted by molar-refractivity contribution is -0.142. The lowest BCUT2D eigenvalue weighted by Gasteiger charge is -2.36. The summed E-state index contributed by atoms with van der Waals surface area (Å²) in [5, 5.41) is 3.33. The Labute approximate surface area is 189 Å². The molecule has 1 aliphatic heterocycles. The third-order valence-electron chi connectivity index (χ3n) is 7.13. The van der Waals surface area contributed by atoms with Crippen LogP contribution >= 0.6 is 0 Å². The number of hydrogen-bond donors (Lipinski definition) is 1. The van der Waals surface area contributed by atoms with Crippen molar-refractivity contribution in [2.45, 2.75) is 91.5 Å². The number of carbonyl (C=O) groups is 2. The summed E-state index contributed by atoms with van der Waals surface area (Å²) >= 11 is 0. The summed E-state index contributed by atoms with van der Waals surface area (Å²) in [7, 11) is 0. The van der Waals surface area contributed by atoms with E-state index in [-0.39, 0.29) is 29.2 Å². The Balaban J connectivity index is 1.59. The molecule has 31 heavy (non-hydrogen) atoms. The molecule has 0 radical (unpaired) electrons. The van der Waals surface area contributed by atoms with Gasteiger partial charge in [0.25, 0.3) is 0 Å². The normalized spacial score (nSPS) is 20.0. The van der Waals surface area contributed by atoms with Crippen LogP contribution in [0, 0.1) is 17.3 Å². The topological polar surface area (TPSA) is 49.4 Å². The van der Waals surface area contributed by atoms with Crippen LogP contribution in [-0.2, 0) is 9.59 Å². The van der Waals surface area contributed by atoms with Crippen molar-refractivity contribution in [3.8, 4) is 0 Å². The molecule has 1 N–H and O–H groups in total. The average molecular weight is 427 g/mol. The van der Waals surface area contributed by atoms with E-state index in [0.29, 0.717) is 24.9 Å². The molecule has 1 aromatic rings. The van der Waals surface area contributed by atoms with Crippen LogP contribution in [0.5, 0.6) is 0 Å². The molecule has 1 atom stereocenters. The first-order valence-corrected chi connectivity index (χ1v) is 12.4. The Hall–Kier alpha value is -1.84. The second-order valence-electron chi connectivity index (χ2n) is 11.0. The molecule has 1 aromatic carbocycles. The van der Waals surface area contributed by atoms with Gasteiger partial charge in [0.15, 0.2) is 0 Å². The average Bonchev–Trinajstić information content (AvgIpc) is 2.77. The largest absolute Gasteiger partial charge is 0.349 e. The first-order chi connectivity index (χ1) is 14.7. The van der Waals surface area contributed by atoms with Crippen LogP contribution < -0.4 is 5.32 Å². The minimum atomic E-state index is -0.360. The number of hydrogen-bond acceptors (Lipinski definition) is 2. The predicted octanol–water partition coefficient (Wildman–Crippen LogP) is 5.83. The van der Waals surface area contributed by atoms with Gasteiger partial charge in [0.05, 0.1) is 6.04 Å². The highest BCUT2D eigenvalue weighted by Gasteiger charge is 2.33. The Kier molecular flexibility index (Phi) is 7.82. The second-order valence-corrected chi connectivity index (χ2v) is 11.0. The molecule has 1 unspecified atom stereocenters. The zero-order chi connectivity index (χ0) is 22.6. The molecule has 0 spiro atoms. The van der Waals surface area contributed by atoms with Gasteiger partial charge in [-0.15, -0.1) is 0 Å². The number of nitrogens with zero attached hydrogens (tertiary/aromatic N) is 1. The van der Waals surface area contributed by atoms with Gasteiger partial charge >= 0.3 is 0 Å². The first-order valence-electron chi connectivity index (χ1n) is 12.4. The zero-order valence-corrected chi connectivity index (χ0v) is 20.2. The molecule has 0 aromatic heterocycles.